The molecule has 0 N–H and O–H groups in total. The van der Waals surface area contributed by atoms with Crippen LogP contribution in [0.3, 0.4) is 0 Å². The van der Waals surface area contributed by atoms with Crippen molar-refractivity contribution in [2.45, 2.75) is 32.6 Å². The van der Waals surface area contributed by atoms with Gasteiger partial charge < -0.3 is 4.74 Å². The normalized spacial score (nSPS) is 12.6. The summed E-state index contributed by atoms with van der Waals surface area (Å²) in [5.41, 5.74) is 3.49. The maximum absolute atomic E-state index is 6.19. The third-order valence-electron chi connectivity index (χ3n) is 2.41. The van der Waals surface area contributed by atoms with E-state index in [1.807, 2.05) is 0 Å². The van der Waals surface area contributed by atoms with Crippen molar-refractivity contribution >= 4 is 11.6 Å². The summed E-state index contributed by atoms with van der Waals surface area (Å²) >= 11 is 6.19. The molecule has 0 aliphatic heterocycles. The molecule has 0 spiro atoms. The Kier molecular flexibility index (Phi) is 3.82. The number of ether oxygens (including phenoxy) is 1. The highest BCUT2D eigenvalue weighted by Gasteiger charge is 2.10. The van der Waals surface area contributed by atoms with Crippen LogP contribution >= 0.6 is 11.6 Å². The molecule has 0 heterocycles. The SMILES string of the molecule is CCC(Cl)c1cc(C)c(OC)c(C)c1. The minimum Gasteiger partial charge on any atom is -0.496 e. The van der Waals surface area contributed by atoms with E-state index in [-0.39, 0.29) is 5.38 Å². The number of aryl methyl sites for hydroxylation is 2. The third-order valence-corrected chi connectivity index (χ3v) is 2.97. The van der Waals surface area contributed by atoms with Gasteiger partial charge in [-0.15, -0.1) is 11.6 Å². The maximum atomic E-state index is 6.19. The van der Waals surface area contributed by atoms with Gasteiger partial charge in [0.1, 0.15) is 5.75 Å². The molecule has 14 heavy (non-hydrogen) atoms. The first-order valence-corrected chi connectivity index (χ1v) is 5.33. The molecule has 1 aromatic rings. The highest BCUT2D eigenvalue weighted by molar-refractivity contribution is 6.20. The standard InChI is InChI=1S/C12H17ClO/c1-5-11(13)10-6-8(2)12(14-4)9(3)7-10/h6-7,11H,5H2,1-4H3. The Hall–Kier alpha value is -0.690. The second kappa shape index (κ2) is 4.70. The number of halogens is 1. The van der Waals surface area contributed by atoms with Gasteiger partial charge in [0.05, 0.1) is 12.5 Å². The molecule has 0 aromatic heterocycles. The number of alkyl halides is 1. The van der Waals surface area contributed by atoms with Crippen LogP contribution in [0.5, 0.6) is 5.75 Å². The lowest BCUT2D eigenvalue weighted by Crippen LogP contribution is -1.95. The lowest BCUT2D eigenvalue weighted by Gasteiger charge is -2.13. The summed E-state index contributed by atoms with van der Waals surface area (Å²) < 4.78 is 5.30. The van der Waals surface area contributed by atoms with Gasteiger partial charge >= 0.3 is 0 Å². The van der Waals surface area contributed by atoms with Crippen LogP contribution in [0.15, 0.2) is 12.1 Å². The summed E-state index contributed by atoms with van der Waals surface area (Å²) in [5, 5.41) is 0.110. The Morgan fingerprint density at radius 3 is 2.14 bits per heavy atom. The summed E-state index contributed by atoms with van der Waals surface area (Å²) in [6.07, 6.45) is 0.951. The highest BCUT2D eigenvalue weighted by atomic mass is 35.5. The predicted octanol–water partition coefficient (Wildman–Crippen LogP) is 4.00. The molecule has 1 atom stereocenters. The Bertz CT molecular complexity index is 297. The van der Waals surface area contributed by atoms with Crippen molar-refractivity contribution in [3.8, 4) is 5.75 Å². The summed E-state index contributed by atoms with van der Waals surface area (Å²) in [6.45, 7) is 6.19. The van der Waals surface area contributed by atoms with Crippen LogP contribution in [0.4, 0.5) is 0 Å². The number of rotatable bonds is 3. The van der Waals surface area contributed by atoms with Gasteiger partial charge in [0.2, 0.25) is 0 Å². The predicted molar refractivity (Wildman–Crippen MR) is 61.4 cm³/mol. The van der Waals surface area contributed by atoms with E-state index in [9.17, 15) is 0 Å². The molecular weight excluding hydrogens is 196 g/mol. The van der Waals surface area contributed by atoms with Gasteiger partial charge in [-0.1, -0.05) is 19.1 Å². The Morgan fingerprint density at radius 2 is 1.79 bits per heavy atom. The van der Waals surface area contributed by atoms with Crippen LogP contribution in [0.2, 0.25) is 0 Å². The van der Waals surface area contributed by atoms with Gasteiger partial charge in [-0.25, -0.2) is 0 Å². The smallest absolute Gasteiger partial charge is 0.124 e. The van der Waals surface area contributed by atoms with Crippen molar-refractivity contribution in [1.29, 1.82) is 0 Å². The summed E-state index contributed by atoms with van der Waals surface area (Å²) in [4.78, 5) is 0. The molecule has 2 heteroatoms. The first kappa shape index (κ1) is 11.4. The van der Waals surface area contributed by atoms with E-state index >= 15 is 0 Å². The van der Waals surface area contributed by atoms with Crippen molar-refractivity contribution in [2.75, 3.05) is 7.11 Å². The Morgan fingerprint density at radius 1 is 1.29 bits per heavy atom. The highest BCUT2D eigenvalue weighted by Crippen LogP contribution is 2.31. The van der Waals surface area contributed by atoms with Gasteiger partial charge in [0.25, 0.3) is 0 Å². The first-order valence-electron chi connectivity index (χ1n) is 4.89. The van der Waals surface area contributed by atoms with Crippen molar-refractivity contribution in [3.05, 3.63) is 28.8 Å². The van der Waals surface area contributed by atoms with E-state index < -0.39 is 0 Å². The van der Waals surface area contributed by atoms with Crippen LogP contribution in [0, 0.1) is 13.8 Å². The zero-order valence-electron chi connectivity index (χ0n) is 9.23. The van der Waals surface area contributed by atoms with E-state index in [1.54, 1.807) is 7.11 Å². The molecule has 78 valence electrons. The van der Waals surface area contributed by atoms with Crippen LogP contribution in [-0.4, -0.2) is 7.11 Å². The molecule has 0 aliphatic carbocycles. The van der Waals surface area contributed by atoms with E-state index in [4.69, 9.17) is 16.3 Å². The van der Waals surface area contributed by atoms with Crippen LogP contribution in [-0.2, 0) is 0 Å². The maximum Gasteiger partial charge on any atom is 0.124 e. The largest absolute Gasteiger partial charge is 0.496 e. The zero-order valence-corrected chi connectivity index (χ0v) is 9.98. The average molecular weight is 213 g/mol. The fourth-order valence-electron chi connectivity index (χ4n) is 1.72. The second-order valence-electron chi connectivity index (χ2n) is 3.56. The quantitative estimate of drug-likeness (QED) is 0.689. The minimum atomic E-state index is 0.110. The Balaban J connectivity index is 3.13. The number of hydrogen-bond acceptors (Lipinski definition) is 1. The van der Waals surface area contributed by atoms with Crippen molar-refractivity contribution in [1.82, 2.24) is 0 Å². The van der Waals surface area contributed by atoms with Crippen LogP contribution in [0.1, 0.15) is 35.4 Å². The molecular formula is C12H17ClO. The van der Waals surface area contributed by atoms with Crippen molar-refractivity contribution in [2.24, 2.45) is 0 Å². The van der Waals surface area contributed by atoms with Crippen molar-refractivity contribution in [3.63, 3.8) is 0 Å². The Labute approximate surface area is 91.0 Å². The van der Waals surface area contributed by atoms with Gasteiger partial charge in [-0.05, 0) is 37.0 Å². The number of methoxy groups -OCH3 is 1. The molecule has 1 rings (SSSR count). The van der Waals surface area contributed by atoms with E-state index in [1.165, 1.54) is 5.56 Å². The molecule has 0 saturated heterocycles. The average Bonchev–Trinajstić information content (AvgIpc) is 2.16. The fourth-order valence-corrected chi connectivity index (χ4v) is 1.85. The molecule has 0 bridgehead atoms. The van der Waals surface area contributed by atoms with E-state index in [0.29, 0.717) is 0 Å². The monoisotopic (exact) mass is 212 g/mol. The molecule has 0 saturated carbocycles. The lowest BCUT2D eigenvalue weighted by atomic mass is 10.0. The molecule has 0 fully saturated rings. The van der Waals surface area contributed by atoms with Gasteiger partial charge in [-0.3, -0.25) is 0 Å². The van der Waals surface area contributed by atoms with Gasteiger partial charge in [0.15, 0.2) is 0 Å². The van der Waals surface area contributed by atoms with E-state index in [0.717, 1.165) is 23.3 Å². The van der Waals surface area contributed by atoms with Crippen LogP contribution in [0.25, 0.3) is 0 Å². The molecule has 0 radical (unpaired) electrons. The van der Waals surface area contributed by atoms with Gasteiger partial charge in [-0.2, -0.15) is 0 Å². The van der Waals surface area contributed by atoms with Crippen molar-refractivity contribution < 1.29 is 4.74 Å². The minimum absolute atomic E-state index is 0.110. The fraction of sp³-hybridized carbons (Fsp3) is 0.500. The summed E-state index contributed by atoms with van der Waals surface area (Å²) in [6, 6.07) is 4.21. The summed E-state index contributed by atoms with van der Waals surface area (Å²) in [5.74, 6) is 0.966. The third kappa shape index (κ3) is 2.21. The molecule has 0 aliphatic rings. The van der Waals surface area contributed by atoms with Crippen LogP contribution < -0.4 is 4.74 Å². The number of benzene rings is 1. The zero-order chi connectivity index (χ0) is 10.7. The topological polar surface area (TPSA) is 9.23 Å². The second-order valence-corrected chi connectivity index (χ2v) is 4.09. The molecule has 1 nitrogen and oxygen atoms in total. The number of hydrogen-bond donors (Lipinski definition) is 0. The molecule has 1 aromatic carbocycles. The lowest BCUT2D eigenvalue weighted by molar-refractivity contribution is 0.408. The summed E-state index contributed by atoms with van der Waals surface area (Å²) in [7, 11) is 1.70. The molecule has 0 amide bonds. The van der Waals surface area contributed by atoms with Gasteiger partial charge in [0, 0.05) is 0 Å². The van der Waals surface area contributed by atoms with E-state index in [2.05, 4.69) is 32.9 Å². The first-order chi connectivity index (χ1) is 6.60. The molecule has 1 unspecified atom stereocenters.